The van der Waals surface area contributed by atoms with Crippen LogP contribution >= 0.6 is 0 Å². The van der Waals surface area contributed by atoms with Crippen molar-refractivity contribution in [1.82, 2.24) is 14.8 Å². The molecule has 0 atom stereocenters. The van der Waals surface area contributed by atoms with Gasteiger partial charge in [0.1, 0.15) is 0 Å². The summed E-state index contributed by atoms with van der Waals surface area (Å²) in [7, 11) is 1.52. The second-order valence-corrected chi connectivity index (χ2v) is 5.66. The minimum atomic E-state index is -0.352. The zero-order valence-electron chi connectivity index (χ0n) is 14.1. The number of methoxy groups -OCH3 is 1. The van der Waals surface area contributed by atoms with Gasteiger partial charge in [-0.2, -0.15) is 5.10 Å². The maximum atomic E-state index is 12.8. The van der Waals surface area contributed by atoms with Crippen LogP contribution in [0, 0.1) is 0 Å². The molecule has 0 aliphatic heterocycles. The number of amides is 1. The van der Waals surface area contributed by atoms with Crippen LogP contribution in [0.1, 0.15) is 10.5 Å². The minimum absolute atomic E-state index is 0.212. The van der Waals surface area contributed by atoms with E-state index >= 15 is 0 Å². The highest BCUT2D eigenvalue weighted by Crippen LogP contribution is 2.24. The molecule has 2 heterocycles. The topological polar surface area (TPSA) is 69.0 Å². The van der Waals surface area contributed by atoms with Gasteiger partial charge in [0.2, 0.25) is 0 Å². The first-order valence-electron chi connectivity index (χ1n) is 8.10. The van der Waals surface area contributed by atoms with Crippen LogP contribution in [0.5, 0.6) is 5.75 Å². The molecule has 1 N–H and O–H groups in total. The number of nitrogens with one attached hydrogen (secondary N) is 1. The van der Waals surface area contributed by atoms with Crippen LogP contribution in [0.25, 0.3) is 16.6 Å². The van der Waals surface area contributed by atoms with E-state index in [2.05, 4.69) is 15.4 Å². The molecule has 2 aromatic carbocycles. The SMILES string of the molecule is COc1cn(-c2ccccc2)nc1C(=O)Nc1cccc2cccnc12. The molecule has 6 heteroatoms. The van der Waals surface area contributed by atoms with Crippen LogP contribution in [-0.2, 0) is 0 Å². The monoisotopic (exact) mass is 344 g/mol. The number of carbonyl (C=O) groups excluding carboxylic acids is 1. The Bertz CT molecular complexity index is 1070. The van der Waals surface area contributed by atoms with E-state index in [-0.39, 0.29) is 11.6 Å². The van der Waals surface area contributed by atoms with E-state index in [1.165, 1.54) is 7.11 Å². The lowest BCUT2D eigenvalue weighted by Gasteiger charge is -2.07. The van der Waals surface area contributed by atoms with E-state index in [9.17, 15) is 4.79 Å². The molecule has 2 aromatic heterocycles. The van der Waals surface area contributed by atoms with Crippen molar-refractivity contribution < 1.29 is 9.53 Å². The minimum Gasteiger partial charge on any atom is -0.493 e. The highest BCUT2D eigenvalue weighted by Gasteiger charge is 2.19. The summed E-state index contributed by atoms with van der Waals surface area (Å²) < 4.78 is 6.95. The van der Waals surface area contributed by atoms with E-state index in [0.717, 1.165) is 16.6 Å². The Hall–Kier alpha value is -3.67. The lowest BCUT2D eigenvalue weighted by Crippen LogP contribution is -2.14. The predicted octanol–water partition coefficient (Wildman–Crippen LogP) is 3.68. The third kappa shape index (κ3) is 2.88. The summed E-state index contributed by atoms with van der Waals surface area (Å²) in [5, 5.41) is 8.22. The molecule has 1 amide bonds. The normalized spacial score (nSPS) is 10.7. The molecule has 6 nitrogen and oxygen atoms in total. The van der Waals surface area contributed by atoms with Crippen molar-refractivity contribution in [3.05, 3.63) is 78.8 Å². The lowest BCUT2D eigenvalue weighted by molar-refractivity contribution is 0.101. The molecular formula is C20H16N4O2. The molecule has 0 spiro atoms. The fourth-order valence-corrected chi connectivity index (χ4v) is 2.76. The van der Waals surface area contributed by atoms with Gasteiger partial charge in [0.15, 0.2) is 11.4 Å². The summed E-state index contributed by atoms with van der Waals surface area (Å²) in [6.45, 7) is 0. The summed E-state index contributed by atoms with van der Waals surface area (Å²) in [5.41, 5.74) is 2.41. The third-order valence-corrected chi connectivity index (χ3v) is 4.02. The van der Waals surface area contributed by atoms with Crippen LogP contribution in [0.4, 0.5) is 5.69 Å². The van der Waals surface area contributed by atoms with Gasteiger partial charge in [-0.25, -0.2) is 4.68 Å². The number of hydrogen-bond acceptors (Lipinski definition) is 4. The van der Waals surface area contributed by atoms with Crippen molar-refractivity contribution in [2.24, 2.45) is 0 Å². The Morgan fingerprint density at radius 1 is 1.04 bits per heavy atom. The molecule has 0 fully saturated rings. The fraction of sp³-hybridized carbons (Fsp3) is 0.0500. The highest BCUT2D eigenvalue weighted by molar-refractivity contribution is 6.08. The van der Waals surface area contributed by atoms with E-state index in [4.69, 9.17) is 4.74 Å². The number of benzene rings is 2. The number of nitrogens with zero attached hydrogens (tertiary/aromatic N) is 3. The Morgan fingerprint density at radius 3 is 2.65 bits per heavy atom. The zero-order chi connectivity index (χ0) is 17.9. The fourth-order valence-electron chi connectivity index (χ4n) is 2.76. The summed E-state index contributed by atoms with van der Waals surface area (Å²) in [6, 6.07) is 19.0. The zero-order valence-corrected chi connectivity index (χ0v) is 14.1. The number of para-hydroxylation sites is 2. The van der Waals surface area contributed by atoms with Gasteiger partial charge in [-0.05, 0) is 24.3 Å². The number of anilines is 1. The number of pyridine rings is 1. The van der Waals surface area contributed by atoms with Gasteiger partial charge in [0.25, 0.3) is 5.91 Å². The van der Waals surface area contributed by atoms with E-state index in [1.54, 1.807) is 17.1 Å². The van der Waals surface area contributed by atoms with Crippen molar-refractivity contribution in [3.8, 4) is 11.4 Å². The highest BCUT2D eigenvalue weighted by atomic mass is 16.5. The first kappa shape index (κ1) is 15.8. The first-order valence-corrected chi connectivity index (χ1v) is 8.10. The second kappa shape index (κ2) is 6.68. The quantitative estimate of drug-likeness (QED) is 0.613. The van der Waals surface area contributed by atoms with Crippen molar-refractivity contribution in [2.45, 2.75) is 0 Å². The van der Waals surface area contributed by atoms with Crippen molar-refractivity contribution in [2.75, 3.05) is 12.4 Å². The number of hydrogen-bond donors (Lipinski definition) is 1. The van der Waals surface area contributed by atoms with E-state index < -0.39 is 0 Å². The molecule has 0 aliphatic rings. The molecule has 0 unspecified atom stereocenters. The van der Waals surface area contributed by atoms with Crippen LogP contribution < -0.4 is 10.1 Å². The van der Waals surface area contributed by atoms with Crippen LogP contribution in [0.15, 0.2) is 73.1 Å². The van der Waals surface area contributed by atoms with Crippen LogP contribution in [0.3, 0.4) is 0 Å². The number of carbonyl (C=O) groups is 1. The summed E-state index contributed by atoms with van der Waals surface area (Å²) in [5.74, 6) is 0.0502. The van der Waals surface area contributed by atoms with Gasteiger partial charge >= 0.3 is 0 Å². The van der Waals surface area contributed by atoms with Gasteiger partial charge in [0, 0.05) is 11.6 Å². The number of fused-ring (bicyclic) bond motifs is 1. The summed E-state index contributed by atoms with van der Waals surface area (Å²) >= 11 is 0. The van der Waals surface area contributed by atoms with Crippen molar-refractivity contribution >= 4 is 22.5 Å². The Morgan fingerprint density at radius 2 is 1.85 bits per heavy atom. The largest absolute Gasteiger partial charge is 0.493 e. The predicted molar refractivity (Wildman–Crippen MR) is 99.8 cm³/mol. The Labute approximate surface area is 150 Å². The maximum absolute atomic E-state index is 12.8. The molecule has 4 aromatic rings. The summed E-state index contributed by atoms with van der Waals surface area (Å²) in [4.78, 5) is 17.1. The van der Waals surface area contributed by atoms with E-state index in [1.807, 2.05) is 60.7 Å². The Kier molecular flexibility index (Phi) is 4.07. The molecule has 0 radical (unpaired) electrons. The first-order chi connectivity index (χ1) is 12.8. The molecule has 4 rings (SSSR count). The molecule has 0 bridgehead atoms. The van der Waals surface area contributed by atoms with Gasteiger partial charge in [-0.15, -0.1) is 0 Å². The number of rotatable bonds is 4. The van der Waals surface area contributed by atoms with Crippen LogP contribution in [0.2, 0.25) is 0 Å². The molecule has 0 saturated carbocycles. The second-order valence-electron chi connectivity index (χ2n) is 5.66. The molecule has 0 saturated heterocycles. The number of aromatic nitrogens is 3. The van der Waals surface area contributed by atoms with Gasteiger partial charge in [-0.3, -0.25) is 9.78 Å². The van der Waals surface area contributed by atoms with Gasteiger partial charge in [-0.1, -0.05) is 36.4 Å². The van der Waals surface area contributed by atoms with E-state index in [0.29, 0.717) is 11.4 Å². The third-order valence-electron chi connectivity index (χ3n) is 4.02. The van der Waals surface area contributed by atoms with Crippen molar-refractivity contribution in [3.63, 3.8) is 0 Å². The molecule has 26 heavy (non-hydrogen) atoms. The molecule has 128 valence electrons. The smallest absolute Gasteiger partial charge is 0.280 e. The van der Waals surface area contributed by atoms with Crippen LogP contribution in [-0.4, -0.2) is 27.8 Å². The van der Waals surface area contributed by atoms with Gasteiger partial charge < -0.3 is 10.1 Å². The average molecular weight is 344 g/mol. The van der Waals surface area contributed by atoms with Crippen molar-refractivity contribution in [1.29, 1.82) is 0 Å². The summed E-state index contributed by atoms with van der Waals surface area (Å²) in [6.07, 6.45) is 3.38. The molecule has 0 aliphatic carbocycles. The standard InChI is InChI=1S/C20H16N4O2/c1-26-17-13-24(15-9-3-2-4-10-15)23-19(17)20(25)22-16-11-5-7-14-8-6-12-21-18(14)16/h2-13H,1H3,(H,22,25). The Balaban J connectivity index is 1.69. The number of ether oxygens (including phenoxy) is 1. The maximum Gasteiger partial charge on any atom is 0.280 e. The lowest BCUT2D eigenvalue weighted by atomic mass is 10.2. The molecular weight excluding hydrogens is 328 g/mol. The van der Waals surface area contributed by atoms with Gasteiger partial charge in [0.05, 0.1) is 30.2 Å². The average Bonchev–Trinajstić information content (AvgIpc) is 3.14.